The maximum absolute atomic E-state index is 2.41. The van der Waals surface area contributed by atoms with Crippen molar-refractivity contribution in [1.29, 1.82) is 0 Å². The summed E-state index contributed by atoms with van der Waals surface area (Å²) in [5.74, 6) is 0. The fourth-order valence-corrected chi connectivity index (χ4v) is 7.14. The Hall–Kier alpha value is -2.68. The van der Waals surface area contributed by atoms with Crippen molar-refractivity contribution < 1.29 is 0 Å². The molecular formula is C28H22S2. The monoisotopic (exact) mass is 422 g/mol. The second-order valence-corrected chi connectivity index (χ2v) is 10.2. The number of thiophene rings is 2. The second-order valence-electron chi connectivity index (χ2n) is 8.07. The van der Waals surface area contributed by atoms with Crippen LogP contribution in [-0.4, -0.2) is 0 Å². The van der Waals surface area contributed by atoms with Crippen LogP contribution in [0.15, 0.2) is 78.9 Å². The predicted molar refractivity (Wildman–Crippen MR) is 136 cm³/mol. The Morgan fingerprint density at radius 3 is 2.10 bits per heavy atom. The summed E-state index contributed by atoms with van der Waals surface area (Å²) in [7, 11) is 0. The molecule has 30 heavy (non-hydrogen) atoms. The van der Waals surface area contributed by atoms with Gasteiger partial charge >= 0.3 is 0 Å². The summed E-state index contributed by atoms with van der Waals surface area (Å²) < 4.78 is 5.72. The van der Waals surface area contributed by atoms with Gasteiger partial charge in [0.05, 0.1) is 9.40 Å². The standard InChI is InChI=1S/C28H22S2/c1-2-3-6-18-9-13-23-25(15-18)29-28-24-14-12-22(17-26(24)30-27(23)28)21-11-10-19-7-4-5-8-20(19)16-21/h4-5,7-17H,2-3,6H2,1H3. The Bertz CT molecular complexity index is 1530. The molecule has 6 rings (SSSR count). The highest BCUT2D eigenvalue weighted by molar-refractivity contribution is 7.36. The number of hydrogen-bond acceptors (Lipinski definition) is 2. The molecule has 0 nitrogen and oxygen atoms in total. The summed E-state index contributed by atoms with van der Waals surface area (Å²) in [6.45, 7) is 2.26. The highest BCUT2D eigenvalue weighted by Gasteiger charge is 2.13. The number of hydrogen-bond donors (Lipinski definition) is 0. The first kappa shape index (κ1) is 18.1. The molecule has 4 aromatic carbocycles. The maximum Gasteiger partial charge on any atom is 0.0542 e. The van der Waals surface area contributed by atoms with E-state index in [4.69, 9.17) is 0 Å². The number of aryl methyl sites for hydroxylation is 1. The summed E-state index contributed by atoms with van der Waals surface area (Å²) in [6, 6.07) is 29.4. The van der Waals surface area contributed by atoms with Crippen molar-refractivity contribution in [2.75, 3.05) is 0 Å². The topological polar surface area (TPSA) is 0 Å². The Balaban J connectivity index is 1.46. The lowest BCUT2D eigenvalue weighted by molar-refractivity contribution is 0.796. The molecule has 2 aromatic heterocycles. The minimum Gasteiger partial charge on any atom is -0.134 e. The van der Waals surface area contributed by atoms with Crippen molar-refractivity contribution in [3.05, 3.63) is 84.4 Å². The van der Waals surface area contributed by atoms with Gasteiger partial charge in [-0.05, 0) is 58.5 Å². The number of benzene rings is 4. The van der Waals surface area contributed by atoms with E-state index in [1.54, 1.807) is 0 Å². The van der Waals surface area contributed by atoms with Crippen LogP contribution < -0.4 is 0 Å². The van der Waals surface area contributed by atoms with E-state index in [2.05, 4.69) is 85.8 Å². The van der Waals surface area contributed by atoms with E-state index < -0.39 is 0 Å². The van der Waals surface area contributed by atoms with E-state index in [9.17, 15) is 0 Å². The van der Waals surface area contributed by atoms with Crippen LogP contribution in [0.4, 0.5) is 0 Å². The Labute approximate surface area is 184 Å². The Morgan fingerprint density at radius 2 is 1.30 bits per heavy atom. The van der Waals surface area contributed by atoms with Crippen molar-refractivity contribution in [3.63, 3.8) is 0 Å². The second kappa shape index (κ2) is 7.23. The van der Waals surface area contributed by atoms with Gasteiger partial charge in [-0.15, -0.1) is 22.7 Å². The molecule has 0 bridgehead atoms. The zero-order valence-corrected chi connectivity index (χ0v) is 18.6. The molecular weight excluding hydrogens is 400 g/mol. The first-order chi connectivity index (χ1) is 14.8. The van der Waals surface area contributed by atoms with Gasteiger partial charge in [0.25, 0.3) is 0 Å². The molecule has 2 heterocycles. The lowest BCUT2D eigenvalue weighted by Gasteiger charge is -2.04. The molecule has 0 unspecified atom stereocenters. The van der Waals surface area contributed by atoms with Crippen LogP contribution in [0, 0.1) is 0 Å². The lowest BCUT2D eigenvalue weighted by Crippen LogP contribution is -1.82. The van der Waals surface area contributed by atoms with Crippen molar-refractivity contribution in [2.24, 2.45) is 0 Å². The van der Waals surface area contributed by atoms with E-state index in [0.717, 1.165) is 0 Å². The molecule has 0 saturated heterocycles. The van der Waals surface area contributed by atoms with Gasteiger partial charge in [0, 0.05) is 20.2 Å². The quantitative estimate of drug-likeness (QED) is 0.265. The van der Waals surface area contributed by atoms with E-state index >= 15 is 0 Å². The van der Waals surface area contributed by atoms with Gasteiger partial charge in [-0.3, -0.25) is 0 Å². The van der Waals surface area contributed by atoms with Gasteiger partial charge in [0.1, 0.15) is 0 Å². The third kappa shape index (κ3) is 2.94. The SMILES string of the molecule is CCCCc1ccc2c(c1)sc1c3ccc(-c4ccc5ccccc5c4)cc3sc21. The molecule has 0 aliphatic carbocycles. The summed E-state index contributed by atoms with van der Waals surface area (Å²) in [4.78, 5) is 0. The normalized spacial score (nSPS) is 11.9. The Morgan fingerprint density at radius 1 is 0.633 bits per heavy atom. The fraction of sp³-hybridized carbons (Fsp3) is 0.143. The van der Waals surface area contributed by atoms with Gasteiger partial charge in [-0.25, -0.2) is 0 Å². The van der Waals surface area contributed by atoms with Crippen LogP contribution in [0.2, 0.25) is 0 Å². The molecule has 146 valence electrons. The molecule has 0 aliphatic heterocycles. The summed E-state index contributed by atoms with van der Waals surface area (Å²) in [5.41, 5.74) is 4.06. The summed E-state index contributed by atoms with van der Waals surface area (Å²) in [6.07, 6.45) is 3.71. The Kier molecular flexibility index (Phi) is 4.36. The highest BCUT2D eigenvalue weighted by Crippen LogP contribution is 2.45. The molecule has 0 aliphatic rings. The molecule has 0 spiro atoms. The van der Waals surface area contributed by atoms with E-state index in [1.165, 1.54) is 76.3 Å². The molecule has 0 N–H and O–H groups in total. The van der Waals surface area contributed by atoms with E-state index in [1.807, 2.05) is 22.7 Å². The molecule has 6 aromatic rings. The molecule has 0 fully saturated rings. The summed E-state index contributed by atoms with van der Waals surface area (Å²) >= 11 is 3.90. The zero-order chi connectivity index (χ0) is 20.1. The predicted octanol–water partition coefficient (Wildman–Crippen LogP) is 9.43. The van der Waals surface area contributed by atoms with Crippen molar-refractivity contribution >= 4 is 63.0 Å². The van der Waals surface area contributed by atoms with Crippen LogP contribution in [0.25, 0.3) is 51.5 Å². The van der Waals surface area contributed by atoms with Crippen LogP contribution in [0.3, 0.4) is 0 Å². The van der Waals surface area contributed by atoms with Gasteiger partial charge < -0.3 is 0 Å². The number of rotatable bonds is 4. The van der Waals surface area contributed by atoms with Crippen molar-refractivity contribution in [1.82, 2.24) is 0 Å². The van der Waals surface area contributed by atoms with Crippen LogP contribution in [0.1, 0.15) is 25.3 Å². The van der Waals surface area contributed by atoms with Gasteiger partial charge in [0.2, 0.25) is 0 Å². The van der Waals surface area contributed by atoms with Crippen LogP contribution in [0.5, 0.6) is 0 Å². The molecule has 0 amide bonds. The first-order valence-corrected chi connectivity index (χ1v) is 12.3. The van der Waals surface area contributed by atoms with E-state index in [-0.39, 0.29) is 0 Å². The highest BCUT2D eigenvalue weighted by atomic mass is 32.1. The molecule has 0 radical (unpaired) electrons. The third-order valence-electron chi connectivity index (χ3n) is 6.05. The van der Waals surface area contributed by atoms with Crippen molar-refractivity contribution in [3.8, 4) is 11.1 Å². The van der Waals surface area contributed by atoms with Gasteiger partial charge in [0.15, 0.2) is 0 Å². The van der Waals surface area contributed by atoms with Crippen LogP contribution >= 0.6 is 22.7 Å². The number of fused-ring (bicyclic) bond motifs is 6. The molecule has 0 saturated carbocycles. The van der Waals surface area contributed by atoms with Crippen molar-refractivity contribution in [2.45, 2.75) is 26.2 Å². The van der Waals surface area contributed by atoms with Gasteiger partial charge in [-0.1, -0.05) is 74.0 Å². The first-order valence-electron chi connectivity index (χ1n) is 10.7. The largest absolute Gasteiger partial charge is 0.134 e. The van der Waals surface area contributed by atoms with Crippen LogP contribution in [-0.2, 0) is 6.42 Å². The zero-order valence-electron chi connectivity index (χ0n) is 16.9. The smallest absolute Gasteiger partial charge is 0.0542 e. The maximum atomic E-state index is 2.41. The third-order valence-corrected chi connectivity index (χ3v) is 8.55. The lowest BCUT2D eigenvalue weighted by atomic mass is 10.0. The molecule has 2 heteroatoms. The summed E-state index contributed by atoms with van der Waals surface area (Å²) in [5, 5.41) is 5.41. The number of unbranched alkanes of at least 4 members (excludes halogenated alkanes) is 1. The minimum atomic E-state index is 1.19. The van der Waals surface area contributed by atoms with Gasteiger partial charge in [-0.2, -0.15) is 0 Å². The molecule has 0 atom stereocenters. The average Bonchev–Trinajstić information content (AvgIpc) is 3.32. The fourth-order valence-electron chi connectivity index (χ4n) is 4.39. The minimum absolute atomic E-state index is 1.19. The van der Waals surface area contributed by atoms with E-state index in [0.29, 0.717) is 0 Å². The average molecular weight is 423 g/mol.